The number of aryl methyl sites for hydroxylation is 2. The molecule has 1 heterocycles. The van der Waals surface area contributed by atoms with E-state index in [9.17, 15) is 4.79 Å². The summed E-state index contributed by atoms with van der Waals surface area (Å²) < 4.78 is 1.87. The molecule has 0 saturated heterocycles. The van der Waals surface area contributed by atoms with Crippen LogP contribution in [-0.2, 0) is 11.3 Å². The third-order valence-corrected chi connectivity index (χ3v) is 3.50. The Morgan fingerprint density at radius 3 is 2.80 bits per heavy atom. The van der Waals surface area contributed by atoms with E-state index in [0.717, 1.165) is 29.7 Å². The predicted octanol–water partition coefficient (Wildman–Crippen LogP) is 2.53. The van der Waals surface area contributed by atoms with E-state index >= 15 is 0 Å². The van der Waals surface area contributed by atoms with E-state index in [-0.39, 0.29) is 5.91 Å². The highest BCUT2D eigenvalue weighted by Crippen LogP contribution is 2.21. The average molecular weight is 269 g/mol. The molecule has 3 rings (SSSR count). The van der Waals surface area contributed by atoms with Gasteiger partial charge in [0, 0.05) is 30.8 Å². The van der Waals surface area contributed by atoms with Gasteiger partial charge in [-0.05, 0) is 25.3 Å². The van der Waals surface area contributed by atoms with E-state index in [1.54, 1.807) is 0 Å². The molecule has 2 aromatic rings. The lowest BCUT2D eigenvalue weighted by molar-refractivity contribution is -0.121. The Bertz CT molecular complexity index is 599. The van der Waals surface area contributed by atoms with Crippen LogP contribution in [0.4, 0.5) is 0 Å². The fourth-order valence-electron chi connectivity index (χ4n) is 2.26. The van der Waals surface area contributed by atoms with Crippen LogP contribution in [0.25, 0.3) is 11.3 Å². The lowest BCUT2D eigenvalue weighted by atomic mass is 10.1. The SMILES string of the molecule is Cc1cn(CCC(=O)NC2CC2)nc1-c1ccccc1. The smallest absolute Gasteiger partial charge is 0.222 e. The molecule has 1 aromatic carbocycles. The Balaban J connectivity index is 1.64. The van der Waals surface area contributed by atoms with Gasteiger partial charge in [0.05, 0.1) is 5.69 Å². The summed E-state index contributed by atoms with van der Waals surface area (Å²) in [6, 6.07) is 10.6. The van der Waals surface area contributed by atoms with Gasteiger partial charge >= 0.3 is 0 Å². The van der Waals surface area contributed by atoms with E-state index < -0.39 is 0 Å². The molecular weight excluding hydrogens is 250 g/mol. The van der Waals surface area contributed by atoms with Gasteiger partial charge in [0.1, 0.15) is 0 Å². The lowest BCUT2D eigenvalue weighted by Gasteiger charge is -2.03. The van der Waals surface area contributed by atoms with E-state index in [1.165, 1.54) is 0 Å². The monoisotopic (exact) mass is 269 g/mol. The summed E-state index contributed by atoms with van der Waals surface area (Å²) in [5.41, 5.74) is 3.25. The fraction of sp³-hybridized carbons (Fsp3) is 0.375. The first-order valence-electron chi connectivity index (χ1n) is 7.11. The highest BCUT2D eigenvalue weighted by atomic mass is 16.1. The van der Waals surface area contributed by atoms with Gasteiger partial charge in [-0.3, -0.25) is 9.48 Å². The third kappa shape index (κ3) is 3.07. The molecule has 4 nitrogen and oxygen atoms in total. The summed E-state index contributed by atoms with van der Waals surface area (Å²) in [7, 11) is 0. The molecule has 1 saturated carbocycles. The molecule has 1 aliphatic carbocycles. The zero-order chi connectivity index (χ0) is 13.9. The van der Waals surface area contributed by atoms with E-state index in [0.29, 0.717) is 19.0 Å². The number of carbonyl (C=O) groups is 1. The fourth-order valence-corrected chi connectivity index (χ4v) is 2.26. The molecule has 104 valence electrons. The molecular formula is C16H19N3O. The van der Waals surface area contributed by atoms with E-state index in [4.69, 9.17) is 0 Å². The second-order valence-corrected chi connectivity index (χ2v) is 5.38. The molecule has 1 aliphatic rings. The maximum atomic E-state index is 11.7. The van der Waals surface area contributed by atoms with Crippen LogP contribution in [0.1, 0.15) is 24.8 Å². The number of hydrogen-bond donors (Lipinski definition) is 1. The van der Waals surface area contributed by atoms with Crippen LogP contribution in [0.3, 0.4) is 0 Å². The number of aromatic nitrogens is 2. The van der Waals surface area contributed by atoms with Gasteiger partial charge in [-0.1, -0.05) is 30.3 Å². The van der Waals surface area contributed by atoms with Crippen molar-refractivity contribution in [2.75, 3.05) is 0 Å². The van der Waals surface area contributed by atoms with Crippen molar-refractivity contribution in [2.24, 2.45) is 0 Å². The van der Waals surface area contributed by atoms with Crippen molar-refractivity contribution in [2.45, 2.75) is 38.8 Å². The standard InChI is InChI=1S/C16H19N3O/c1-12-11-19(10-9-15(20)17-14-7-8-14)18-16(12)13-5-3-2-4-6-13/h2-6,11,14H,7-10H2,1H3,(H,17,20). The minimum absolute atomic E-state index is 0.127. The van der Waals surface area contributed by atoms with Crippen molar-refractivity contribution in [1.82, 2.24) is 15.1 Å². The predicted molar refractivity (Wildman–Crippen MR) is 78.2 cm³/mol. The third-order valence-electron chi connectivity index (χ3n) is 3.50. The van der Waals surface area contributed by atoms with Gasteiger partial charge in [-0.15, -0.1) is 0 Å². The van der Waals surface area contributed by atoms with Crippen LogP contribution < -0.4 is 5.32 Å². The molecule has 0 aliphatic heterocycles. The first kappa shape index (κ1) is 12.9. The van der Waals surface area contributed by atoms with Crippen molar-refractivity contribution >= 4 is 5.91 Å². The maximum absolute atomic E-state index is 11.7. The van der Waals surface area contributed by atoms with Crippen molar-refractivity contribution < 1.29 is 4.79 Å². The van der Waals surface area contributed by atoms with Gasteiger partial charge in [-0.2, -0.15) is 5.10 Å². The lowest BCUT2D eigenvalue weighted by Crippen LogP contribution is -2.26. The van der Waals surface area contributed by atoms with Crippen LogP contribution in [-0.4, -0.2) is 21.7 Å². The molecule has 0 radical (unpaired) electrons. The largest absolute Gasteiger partial charge is 0.353 e. The normalized spacial score (nSPS) is 14.2. The summed E-state index contributed by atoms with van der Waals surface area (Å²) in [4.78, 5) is 11.7. The molecule has 1 fully saturated rings. The van der Waals surface area contributed by atoms with Gasteiger partial charge < -0.3 is 5.32 Å². The molecule has 1 N–H and O–H groups in total. The summed E-state index contributed by atoms with van der Waals surface area (Å²) in [6.45, 7) is 2.68. The molecule has 1 amide bonds. The van der Waals surface area contributed by atoms with Crippen LogP contribution >= 0.6 is 0 Å². The Hall–Kier alpha value is -2.10. The minimum Gasteiger partial charge on any atom is -0.353 e. The second-order valence-electron chi connectivity index (χ2n) is 5.38. The maximum Gasteiger partial charge on any atom is 0.222 e. The highest BCUT2D eigenvalue weighted by molar-refractivity contribution is 5.76. The topological polar surface area (TPSA) is 46.9 Å². The molecule has 0 spiro atoms. The molecule has 0 bridgehead atoms. The van der Waals surface area contributed by atoms with Crippen LogP contribution in [0, 0.1) is 6.92 Å². The van der Waals surface area contributed by atoms with Crippen LogP contribution in [0.15, 0.2) is 36.5 Å². The van der Waals surface area contributed by atoms with Gasteiger partial charge in [-0.25, -0.2) is 0 Å². The number of nitrogens with zero attached hydrogens (tertiary/aromatic N) is 2. The van der Waals surface area contributed by atoms with Crippen molar-refractivity contribution in [1.29, 1.82) is 0 Å². The molecule has 1 aromatic heterocycles. The van der Waals surface area contributed by atoms with Crippen molar-refractivity contribution in [3.8, 4) is 11.3 Å². The number of hydrogen-bond acceptors (Lipinski definition) is 2. The zero-order valence-electron chi connectivity index (χ0n) is 11.7. The van der Waals surface area contributed by atoms with Crippen LogP contribution in [0.2, 0.25) is 0 Å². The van der Waals surface area contributed by atoms with E-state index in [1.807, 2.05) is 29.1 Å². The first-order valence-corrected chi connectivity index (χ1v) is 7.11. The Labute approximate surface area is 118 Å². The highest BCUT2D eigenvalue weighted by Gasteiger charge is 2.22. The summed E-state index contributed by atoms with van der Waals surface area (Å²) in [5, 5.41) is 7.58. The Morgan fingerprint density at radius 2 is 2.10 bits per heavy atom. The van der Waals surface area contributed by atoms with Gasteiger partial charge in [0.15, 0.2) is 0 Å². The summed E-state index contributed by atoms with van der Waals surface area (Å²) in [5.74, 6) is 0.127. The summed E-state index contributed by atoms with van der Waals surface area (Å²) >= 11 is 0. The number of nitrogens with one attached hydrogen (secondary N) is 1. The molecule has 20 heavy (non-hydrogen) atoms. The number of benzene rings is 1. The van der Waals surface area contributed by atoms with Crippen molar-refractivity contribution in [3.63, 3.8) is 0 Å². The second kappa shape index (κ2) is 5.49. The number of carbonyl (C=O) groups excluding carboxylic acids is 1. The number of rotatable bonds is 5. The number of amides is 1. The first-order chi connectivity index (χ1) is 9.72. The molecule has 0 atom stereocenters. The van der Waals surface area contributed by atoms with Gasteiger partial charge in [0.2, 0.25) is 5.91 Å². The Kier molecular flexibility index (Phi) is 3.54. The minimum atomic E-state index is 0.127. The van der Waals surface area contributed by atoms with Crippen molar-refractivity contribution in [3.05, 3.63) is 42.1 Å². The zero-order valence-corrected chi connectivity index (χ0v) is 11.7. The Morgan fingerprint density at radius 1 is 1.35 bits per heavy atom. The van der Waals surface area contributed by atoms with Gasteiger partial charge in [0.25, 0.3) is 0 Å². The quantitative estimate of drug-likeness (QED) is 0.906. The molecule has 4 heteroatoms. The molecule has 0 unspecified atom stereocenters. The average Bonchev–Trinajstić information content (AvgIpc) is 3.18. The summed E-state index contributed by atoms with van der Waals surface area (Å²) in [6.07, 6.45) is 4.76. The van der Waals surface area contributed by atoms with Crippen LogP contribution in [0.5, 0.6) is 0 Å². The van der Waals surface area contributed by atoms with E-state index in [2.05, 4.69) is 29.5 Å².